The highest BCUT2D eigenvalue weighted by Crippen LogP contribution is 2.24. The van der Waals surface area contributed by atoms with E-state index < -0.39 is 4.92 Å². The number of amides is 1. The van der Waals surface area contributed by atoms with E-state index in [4.69, 9.17) is 16.3 Å². The number of nitro benzene ring substituents is 1. The van der Waals surface area contributed by atoms with Gasteiger partial charge in [-0.25, -0.2) is 0 Å². The van der Waals surface area contributed by atoms with Crippen molar-refractivity contribution in [3.05, 3.63) is 38.9 Å². The molecule has 6 nitrogen and oxygen atoms in total. The van der Waals surface area contributed by atoms with Crippen molar-refractivity contribution < 1.29 is 14.5 Å². The molecule has 1 aromatic carbocycles. The van der Waals surface area contributed by atoms with Gasteiger partial charge in [-0.1, -0.05) is 11.6 Å². The molecule has 1 aromatic rings. The zero-order valence-corrected chi connectivity index (χ0v) is 12.5. The summed E-state index contributed by atoms with van der Waals surface area (Å²) in [7, 11) is 1.72. The minimum atomic E-state index is -0.536. The van der Waals surface area contributed by atoms with Crippen LogP contribution in [-0.2, 0) is 4.74 Å². The molecule has 0 unspecified atom stereocenters. The Morgan fingerprint density at radius 2 is 2.14 bits per heavy atom. The van der Waals surface area contributed by atoms with Gasteiger partial charge in [0, 0.05) is 38.9 Å². The quantitative estimate of drug-likeness (QED) is 0.633. The Hall–Kier alpha value is -1.66. The highest BCUT2D eigenvalue weighted by Gasteiger charge is 2.22. The number of nitrogens with zero attached hydrogens (tertiary/aromatic N) is 2. The van der Waals surface area contributed by atoms with E-state index in [1.807, 2.05) is 0 Å². The van der Waals surface area contributed by atoms with Crippen LogP contribution in [0.2, 0.25) is 5.02 Å². The second-order valence-electron chi connectivity index (χ2n) is 5.16. The van der Waals surface area contributed by atoms with Gasteiger partial charge in [-0.2, -0.15) is 0 Å². The Balaban J connectivity index is 2.06. The fourth-order valence-corrected chi connectivity index (χ4v) is 2.65. The van der Waals surface area contributed by atoms with Crippen molar-refractivity contribution >= 4 is 23.2 Å². The summed E-state index contributed by atoms with van der Waals surface area (Å²) in [5.41, 5.74) is 0.167. The number of non-ortho nitro benzene ring substituents is 1. The topological polar surface area (TPSA) is 72.7 Å². The Labute approximate surface area is 127 Å². The van der Waals surface area contributed by atoms with Gasteiger partial charge in [-0.15, -0.1) is 0 Å². The standard InChI is InChI=1S/C14H17ClN2O4/c1-16(9-10-4-6-21-7-5-10)14(18)12-3-2-11(17(19)20)8-13(12)15/h2-3,8,10H,4-7,9H2,1H3. The van der Waals surface area contributed by atoms with Gasteiger partial charge in [0.1, 0.15) is 0 Å². The maximum atomic E-state index is 12.4. The van der Waals surface area contributed by atoms with Crippen LogP contribution < -0.4 is 0 Å². The third-order valence-corrected chi connectivity index (χ3v) is 3.93. The largest absolute Gasteiger partial charge is 0.381 e. The SMILES string of the molecule is CN(CC1CCOCC1)C(=O)c1ccc([N+](=O)[O-])cc1Cl. The monoisotopic (exact) mass is 312 g/mol. The molecule has 1 aliphatic rings. The van der Waals surface area contributed by atoms with Crippen molar-refractivity contribution in [1.29, 1.82) is 0 Å². The highest BCUT2D eigenvalue weighted by molar-refractivity contribution is 6.34. The van der Waals surface area contributed by atoms with Crippen molar-refractivity contribution in [1.82, 2.24) is 4.90 Å². The van der Waals surface area contributed by atoms with Crippen LogP contribution in [-0.4, -0.2) is 42.5 Å². The average molecular weight is 313 g/mol. The third-order valence-electron chi connectivity index (χ3n) is 3.61. The first-order valence-corrected chi connectivity index (χ1v) is 7.14. The summed E-state index contributed by atoms with van der Waals surface area (Å²) in [6, 6.07) is 3.90. The molecule has 0 N–H and O–H groups in total. The zero-order valence-electron chi connectivity index (χ0n) is 11.8. The lowest BCUT2D eigenvalue weighted by Gasteiger charge is -2.27. The normalized spacial score (nSPS) is 15.7. The van der Waals surface area contributed by atoms with Crippen LogP contribution in [0.25, 0.3) is 0 Å². The van der Waals surface area contributed by atoms with Crippen molar-refractivity contribution in [3.8, 4) is 0 Å². The number of benzene rings is 1. The van der Waals surface area contributed by atoms with E-state index in [9.17, 15) is 14.9 Å². The van der Waals surface area contributed by atoms with Gasteiger partial charge in [0.15, 0.2) is 0 Å². The van der Waals surface area contributed by atoms with Crippen LogP contribution in [0, 0.1) is 16.0 Å². The molecular weight excluding hydrogens is 296 g/mol. The molecule has 0 saturated carbocycles. The lowest BCUT2D eigenvalue weighted by Crippen LogP contribution is -2.34. The van der Waals surface area contributed by atoms with Gasteiger partial charge in [0.2, 0.25) is 0 Å². The molecule has 0 bridgehead atoms. The fourth-order valence-electron chi connectivity index (χ4n) is 2.40. The van der Waals surface area contributed by atoms with E-state index in [1.165, 1.54) is 18.2 Å². The number of halogens is 1. The van der Waals surface area contributed by atoms with Crippen LogP contribution in [0.15, 0.2) is 18.2 Å². The third kappa shape index (κ3) is 3.92. The summed E-state index contributed by atoms with van der Waals surface area (Å²) in [5.74, 6) is 0.200. The van der Waals surface area contributed by atoms with Gasteiger partial charge >= 0.3 is 0 Å². The Kier molecular flexibility index (Phi) is 5.14. The predicted octanol–water partition coefficient (Wildman–Crippen LogP) is 2.75. The van der Waals surface area contributed by atoms with Crippen molar-refractivity contribution in [3.63, 3.8) is 0 Å². The number of hydrogen-bond acceptors (Lipinski definition) is 4. The molecule has 21 heavy (non-hydrogen) atoms. The molecule has 1 saturated heterocycles. The molecule has 114 valence electrons. The van der Waals surface area contributed by atoms with Gasteiger partial charge in [-0.05, 0) is 24.8 Å². The minimum absolute atomic E-state index is 0.105. The summed E-state index contributed by atoms with van der Waals surface area (Å²) in [5, 5.41) is 10.8. The van der Waals surface area contributed by atoms with E-state index in [-0.39, 0.29) is 22.2 Å². The van der Waals surface area contributed by atoms with Crippen LogP contribution in [0.1, 0.15) is 23.2 Å². The summed E-state index contributed by atoms with van der Waals surface area (Å²) >= 11 is 5.98. The number of rotatable bonds is 4. The first-order chi connectivity index (χ1) is 9.99. The number of nitro groups is 1. The summed E-state index contributed by atoms with van der Waals surface area (Å²) in [6.45, 7) is 2.09. The maximum absolute atomic E-state index is 12.4. The second-order valence-corrected chi connectivity index (χ2v) is 5.57. The molecule has 2 rings (SSSR count). The Morgan fingerprint density at radius 3 is 2.71 bits per heavy atom. The Morgan fingerprint density at radius 1 is 1.48 bits per heavy atom. The van der Waals surface area contributed by atoms with Crippen LogP contribution >= 0.6 is 11.6 Å². The molecule has 1 fully saturated rings. The van der Waals surface area contributed by atoms with Crippen molar-refractivity contribution in [2.24, 2.45) is 5.92 Å². The number of hydrogen-bond donors (Lipinski definition) is 0. The predicted molar refractivity (Wildman–Crippen MR) is 78.6 cm³/mol. The number of carbonyl (C=O) groups excluding carboxylic acids is 1. The lowest BCUT2D eigenvalue weighted by molar-refractivity contribution is -0.384. The van der Waals surface area contributed by atoms with E-state index in [0.717, 1.165) is 26.1 Å². The molecule has 1 heterocycles. The van der Waals surface area contributed by atoms with Gasteiger partial charge in [0.25, 0.3) is 11.6 Å². The molecule has 1 amide bonds. The second kappa shape index (κ2) is 6.87. The van der Waals surface area contributed by atoms with Crippen LogP contribution in [0.5, 0.6) is 0 Å². The molecule has 0 aromatic heterocycles. The fraction of sp³-hybridized carbons (Fsp3) is 0.500. The molecule has 7 heteroatoms. The van der Waals surface area contributed by atoms with Crippen molar-refractivity contribution in [2.45, 2.75) is 12.8 Å². The van der Waals surface area contributed by atoms with E-state index in [0.29, 0.717) is 12.5 Å². The van der Waals surface area contributed by atoms with E-state index >= 15 is 0 Å². The highest BCUT2D eigenvalue weighted by atomic mass is 35.5. The van der Waals surface area contributed by atoms with E-state index in [1.54, 1.807) is 11.9 Å². The molecule has 1 aliphatic heterocycles. The molecule has 0 radical (unpaired) electrons. The summed E-state index contributed by atoms with van der Waals surface area (Å²) < 4.78 is 5.29. The average Bonchev–Trinajstić information content (AvgIpc) is 2.47. The molecule has 0 spiro atoms. The lowest BCUT2D eigenvalue weighted by atomic mass is 9.99. The smallest absolute Gasteiger partial charge is 0.270 e. The van der Waals surface area contributed by atoms with Gasteiger partial charge < -0.3 is 9.64 Å². The summed E-state index contributed by atoms with van der Waals surface area (Å²) in [6.07, 6.45) is 1.87. The molecule has 0 aliphatic carbocycles. The van der Waals surface area contributed by atoms with Gasteiger partial charge in [-0.3, -0.25) is 14.9 Å². The summed E-state index contributed by atoms with van der Waals surface area (Å²) in [4.78, 5) is 24.1. The van der Waals surface area contributed by atoms with Crippen LogP contribution in [0.3, 0.4) is 0 Å². The molecular formula is C14H17ClN2O4. The Bertz CT molecular complexity index is 544. The van der Waals surface area contributed by atoms with E-state index in [2.05, 4.69) is 0 Å². The van der Waals surface area contributed by atoms with Crippen molar-refractivity contribution in [2.75, 3.05) is 26.8 Å². The first kappa shape index (κ1) is 15.7. The maximum Gasteiger partial charge on any atom is 0.270 e. The number of carbonyl (C=O) groups is 1. The minimum Gasteiger partial charge on any atom is -0.381 e. The van der Waals surface area contributed by atoms with Gasteiger partial charge in [0.05, 0.1) is 15.5 Å². The first-order valence-electron chi connectivity index (χ1n) is 6.76. The zero-order chi connectivity index (χ0) is 15.4. The molecule has 0 atom stereocenters. The number of ether oxygens (including phenoxy) is 1. The van der Waals surface area contributed by atoms with Crippen LogP contribution in [0.4, 0.5) is 5.69 Å².